The van der Waals surface area contributed by atoms with Gasteiger partial charge in [-0.1, -0.05) is 203 Å². The molecular weight excluding hydrogens is 965 g/mol. The van der Waals surface area contributed by atoms with E-state index in [1.807, 2.05) is 0 Å². The lowest BCUT2D eigenvalue weighted by Gasteiger charge is -2.30. The van der Waals surface area contributed by atoms with Gasteiger partial charge in [0.05, 0.1) is 11.4 Å². The van der Waals surface area contributed by atoms with Gasteiger partial charge >= 0.3 is 0 Å². The van der Waals surface area contributed by atoms with Crippen molar-refractivity contribution < 1.29 is 0 Å². The molecule has 0 N–H and O–H groups in total. The molecule has 0 spiro atoms. The molecule has 0 aliphatic heterocycles. The third-order valence-corrected chi connectivity index (χ3v) is 18.6. The van der Waals surface area contributed by atoms with Crippen molar-refractivity contribution in [2.45, 2.75) is 78.1 Å². The minimum absolute atomic E-state index is 0.130. The van der Waals surface area contributed by atoms with Crippen molar-refractivity contribution in [1.29, 1.82) is 0 Å². The van der Waals surface area contributed by atoms with Gasteiger partial charge in [-0.05, 0) is 205 Å². The molecule has 0 heterocycles. The first-order valence-corrected chi connectivity index (χ1v) is 28.8. The van der Waals surface area contributed by atoms with Gasteiger partial charge in [0.2, 0.25) is 0 Å². The van der Waals surface area contributed by atoms with Gasteiger partial charge in [-0.3, -0.25) is 0 Å². The maximum Gasteiger partial charge on any atom is 0.0540 e. The number of anilines is 6. The van der Waals surface area contributed by atoms with E-state index in [0.717, 1.165) is 59.8 Å². The van der Waals surface area contributed by atoms with E-state index in [4.69, 9.17) is 0 Å². The zero-order chi connectivity index (χ0) is 54.0. The van der Waals surface area contributed by atoms with E-state index in [9.17, 15) is 0 Å². The molecule has 0 saturated carbocycles. The van der Waals surface area contributed by atoms with Crippen LogP contribution in [0.15, 0.2) is 242 Å². The van der Waals surface area contributed by atoms with E-state index in [0.29, 0.717) is 0 Å². The monoisotopic (exact) mass is 1030 g/mol. The number of hydrogen-bond acceptors (Lipinski definition) is 2. The molecule has 0 saturated heterocycles. The first-order valence-electron chi connectivity index (χ1n) is 28.8. The van der Waals surface area contributed by atoms with Crippen LogP contribution in [0.3, 0.4) is 0 Å². The Bertz CT molecular complexity index is 4520. The lowest BCUT2D eigenvalue weighted by molar-refractivity contribution is 0.651. The van der Waals surface area contributed by atoms with Gasteiger partial charge in [-0.15, -0.1) is 0 Å². The largest absolute Gasteiger partial charge is 0.310 e. The highest BCUT2D eigenvalue weighted by Gasteiger charge is 2.40. The predicted octanol–water partition coefficient (Wildman–Crippen LogP) is 21.8. The van der Waals surface area contributed by atoms with Crippen LogP contribution in [0.25, 0.3) is 70.9 Å². The first-order chi connectivity index (χ1) is 39.0. The highest BCUT2D eigenvalue weighted by Crippen LogP contribution is 2.56. The highest BCUT2D eigenvalue weighted by atomic mass is 15.1. The normalized spacial score (nSPS) is 15.8. The van der Waals surface area contributed by atoms with Crippen LogP contribution in [0.5, 0.6) is 0 Å². The van der Waals surface area contributed by atoms with E-state index in [2.05, 4.69) is 282 Å². The molecule has 0 atom stereocenters. The van der Waals surface area contributed by atoms with Crippen molar-refractivity contribution in [2.24, 2.45) is 0 Å². The summed E-state index contributed by atoms with van der Waals surface area (Å²) in [6.45, 7) is 14.1. The Kier molecular flexibility index (Phi) is 11.0. The summed E-state index contributed by atoms with van der Waals surface area (Å²) in [4.78, 5) is 4.99. The molecule has 386 valence electrons. The summed E-state index contributed by atoms with van der Waals surface area (Å²) < 4.78 is 0. The standard InChI is InChI=1S/C78H64N2/c1-49-29-35-55(36-30-49)79(73-27-15-19-51-17-7-9-21-59(51)73)57-39-43-65-67(47-57)75(53-33-41-63-61-23-11-13-25-69(61)77(3,4)71(63)45-53)66-44-40-58(80(56-37-31-50(2)32-38-56)74-28-16-20-52-18-8-10-22-60(52)74)48-68(66)76(65)54-34-42-64-62-24-12-14-26-70(62)78(5,6)72(64)46-54/h7-11,13-23,25-32,34-40,42-48H,12,24,33,41H2,1-6H3. The lowest BCUT2D eigenvalue weighted by atomic mass is 9.76. The maximum absolute atomic E-state index is 2.62. The van der Waals surface area contributed by atoms with E-state index in [1.165, 1.54) is 121 Å². The average molecular weight is 1030 g/mol. The van der Waals surface area contributed by atoms with Crippen LogP contribution in [0.2, 0.25) is 0 Å². The Morgan fingerprint density at radius 2 is 0.887 bits per heavy atom. The smallest absolute Gasteiger partial charge is 0.0540 e. The minimum Gasteiger partial charge on any atom is -0.310 e. The molecule has 4 aliphatic rings. The molecule has 2 nitrogen and oxygen atoms in total. The second kappa shape index (κ2) is 18.3. The molecule has 0 radical (unpaired) electrons. The van der Waals surface area contributed by atoms with Crippen LogP contribution < -0.4 is 9.80 Å². The van der Waals surface area contributed by atoms with Gasteiger partial charge < -0.3 is 9.80 Å². The molecule has 15 rings (SSSR count). The fourth-order valence-corrected chi connectivity index (χ4v) is 14.5. The van der Waals surface area contributed by atoms with E-state index in [-0.39, 0.29) is 10.8 Å². The van der Waals surface area contributed by atoms with E-state index >= 15 is 0 Å². The number of allylic oxidation sites excluding steroid dienone is 8. The van der Waals surface area contributed by atoms with Gasteiger partial charge in [-0.2, -0.15) is 0 Å². The van der Waals surface area contributed by atoms with E-state index in [1.54, 1.807) is 0 Å². The Morgan fingerprint density at radius 3 is 1.52 bits per heavy atom. The molecule has 2 heteroatoms. The first kappa shape index (κ1) is 48.2. The van der Waals surface area contributed by atoms with E-state index < -0.39 is 0 Å². The summed E-state index contributed by atoms with van der Waals surface area (Å²) in [5.74, 6) is 0. The minimum atomic E-state index is -0.134. The summed E-state index contributed by atoms with van der Waals surface area (Å²) in [5.41, 5.74) is 25.9. The second-order valence-corrected chi connectivity index (χ2v) is 24.0. The average Bonchev–Trinajstić information content (AvgIpc) is 3.98. The van der Waals surface area contributed by atoms with Crippen LogP contribution in [-0.4, -0.2) is 0 Å². The molecule has 0 unspecified atom stereocenters. The third kappa shape index (κ3) is 7.45. The topological polar surface area (TPSA) is 6.48 Å². The van der Waals surface area contributed by atoms with Gasteiger partial charge in [-0.25, -0.2) is 0 Å². The quantitative estimate of drug-likeness (QED) is 0.140. The number of hydrogen-bond donors (Lipinski definition) is 0. The zero-order valence-corrected chi connectivity index (χ0v) is 46.7. The van der Waals surface area contributed by atoms with Crippen molar-refractivity contribution in [2.75, 3.05) is 9.80 Å². The molecule has 0 fully saturated rings. The van der Waals surface area contributed by atoms with Crippen LogP contribution in [-0.2, 0) is 10.8 Å². The van der Waals surface area contributed by atoms with Crippen molar-refractivity contribution in [3.63, 3.8) is 0 Å². The summed E-state index contributed by atoms with van der Waals surface area (Å²) in [6, 6.07) is 80.8. The van der Waals surface area contributed by atoms with Gasteiger partial charge in [0, 0.05) is 44.4 Å². The Morgan fingerprint density at radius 1 is 0.375 bits per heavy atom. The molecule has 0 amide bonds. The van der Waals surface area contributed by atoms with Crippen LogP contribution in [0.1, 0.15) is 92.3 Å². The zero-order valence-electron chi connectivity index (χ0n) is 46.7. The molecular formula is C78H64N2. The molecule has 11 aromatic rings. The number of nitrogens with zero attached hydrogens (tertiary/aromatic N) is 2. The maximum atomic E-state index is 2.62. The lowest BCUT2D eigenvalue weighted by Crippen LogP contribution is -2.17. The Labute approximate surface area is 471 Å². The van der Waals surface area contributed by atoms with Crippen LogP contribution in [0.4, 0.5) is 34.1 Å². The van der Waals surface area contributed by atoms with Crippen molar-refractivity contribution >= 4 is 93.9 Å². The van der Waals surface area contributed by atoms with Crippen molar-refractivity contribution in [1.82, 2.24) is 0 Å². The summed E-state index contributed by atoms with van der Waals surface area (Å²) in [7, 11) is 0. The molecule has 80 heavy (non-hydrogen) atoms. The fraction of sp³-hybridized carbons (Fsp3) is 0.154. The second-order valence-electron chi connectivity index (χ2n) is 24.0. The summed E-state index contributed by atoms with van der Waals surface area (Å²) in [6.07, 6.45) is 11.5. The SMILES string of the molecule is Cc1ccc(N(c2ccc3c(-c4ccc5c(c4)C(C)(C)C4=C5CCC=C4)c4cc(N(c5ccc(C)cc5)c5cccc6ccccc56)ccc4c(C4=CC5=C(CC4)c4ccccc4C5(C)C)c3c2)c2cccc3ccccc23)cc1. The molecule has 4 aliphatic carbocycles. The van der Waals surface area contributed by atoms with Gasteiger partial charge in [0.25, 0.3) is 0 Å². The van der Waals surface area contributed by atoms with Crippen LogP contribution >= 0.6 is 0 Å². The number of aryl methyl sites for hydroxylation is 2. The Hall–Kier alpha value is -8.98. The third-order valence-electron chi connectivity index (χ3n) is 18.6. The highest BCUT2D eigenvalue weighted by molar-refractivity contribution is 6.21. The number of benzene rings is 11. The predicted molar refractivity (Wildman–Crippen MR) is 343 cm³/mol. The van der Waals surface area contributed by atoms with Crippen molar-refractivity contribution in [3.05, 3.63) is 281 Å². The summed E-state index contributed by atoms with van der Waals surface area (Å²) >= 11 is 0. The molecule has 0 aromatic heterocycles. The molecule has 0 bridgehead atoms. The Balaban J connectivity index is 1.06. The van der Waals surface area contributed by atoms with Crippen LogP contribution in [0, 0.1) is 13.8 Å². The number of rotatable bonds is 8. The molecule has 11 aromatic carbocycles. The number of fused-ring (bicyclic) bond motifs is 8. The summed E-state index contributed by atoms with van der Waals surface area (Å²) in [5, 5.41) is 9.92. The van der Waals surface area contributed by atoms with Gasteiger partial charge in [0.15, 0.2) is 0 Å². The fourth-order valence-electron chi connectivity index (χ4n) is 14.5. The van der Waals surface area contributed by atoms with Crippen molar-refractivity contribution in [3.8, 4) is 11.1 Å². The van der Waals surface area contributed by atoms with Gasteiger partial charge in [0.1, 0.15) is 0 Å².